The molecular weight excluding hydrogens is 236 g/mol. The number of fused-ring (bicyclic) bond motifs is 1. The van der Waals surface area contributed by atoms with Crippen LogP contribution in [-0.4, -0.2) is 30.4 Å². The second-order valence-electron chi connectivity index (χ2n) is 5.02. The first-order valence-electron chi connectivity index (χ1n) is 8.63. The van der Waals surface area contributed by atoms with Crippen LogP contribution in [0.15, 0.2) is 18.1 Å². The van der Waals surface area contributed by atoms with Crippen molar-refractivity contribution >= 4 is 11.6 Å². The molecule has 3 heteroatoms. The van der Waals surface area contributed by atoms with Crippen LogP contribution in [0.5, 0.6) is 0 Å². The fraction of sp³-hybridized carbons (Fsp3) is 0.562. The van der Waals surface area contributed by atoms with Crippen molar-refractivity contribution in [3.05, 3.63) is 29.3 Å². The lowest BCUT2D eigenvalue weighted by Crippen LogP contribution is -2.28. The van der Waals surface area contributed by atoms with E-state index < -0.39 is 0 Å². The molecule has 0 fully saturated rings. The highest BCUT2D eigenvalue weighted by atomic mass is 16.1. The van der Waals surface area contributed by atoms with Gasteiger partial charge in [0.15, 0.2) is 0 Å². The molecule has 1 aromatic carbocycles. The number of amides is 1. The minimum Gasteiger partial charge on any atom is -0.326 e. The Morgan fingerprint density at radius 1 is 1.26 bits per heavy atom. The second-order valence-corrected chi connectivity index (χ2v) is 5.02. The fourth-order valence-corrected chi connectivity index (χ4v) is 2.57. The lowest BCUT2D eigenvalue weighted by Gasteiger charge is -2.21. The maximum atomic E-state index is 11.6. The van der Waals surface area contributed by atoms with Crippen LogP contribution < -0.4 is 5.32 Å². The van der Waals surface area contributed by atoms with Crippen molar-refractivity contribution in [1.82, 2.24) is 4.90 Å². The number of rotatable bonds is 7. The highest BCUT2D eigenvalue weighted by molar-refractivity contribution is 5.99. The third-order valence-corrected chi connectivity index (χ3v) is 3.43. The van der Waals surface area contributed by atoms with Crippen LogP contribution in [-0.2, 0) is 17.6 Å². The molecule has 0 unspecified atom stereocenters. The summed E-state index contributed by atoms with van der Waals surface area (Å²) < 4.78 is 24.0. The van der Waals surface area contributed by atoms with Crippen LogP contribution in [0.25, 0.3) is 0 Å². The maximum Gasteiger partial charge on any atom is 0.228 e. The van der Waals surface area contributed by atoms with Crippen LogP contribution in [0.2, 0.25) is 0 Å². The molecule has 3 nitrogen and oxygen atoms in total. The Morgan fingerprint density at radius 3 is 2.68 bits per heavy atom. The lowest BCUT2D eigenvalue weighted by molar-refractivity contribution is -0.115. The lowest BCUT2D eigenvalue weighted by atomic mass is 10.0. The fourth-order valence-electron chi connectivity index (χ4n) is 2.57. The predicted octanol–water partition coefficient (Wildman–Crippen LogP) is 2.85. The van der Waals surface area contributed by atoms with Crippen LogP contribution in [0.4, 0.5) is 5.69 Å². The number of nitrogens with one attached hydrogen (secondary N) is 1. The zero-order valence-corrected chi connectivity index (χ0v) is 11.8. The summed E-state index contributed by atoms with van der Waals surface area (Å²) in [6.07, 6.45) is 3.05. The molecule has 104 valence electrons. The molecule has 1 aromatic rings. The molecule has 1 heterocycles. The van der Waals surface area contributed by atoms with E-state index in [9.17, 15) is 4.79 Å². The normalized spacial score (nSPS) is 15.9. The van der Waals surface area contributed by atoms with Crippen molar-refractivity contribution in [1.29, 1.82) is 0 Å². The average Bonchev–Trinajstić information content (AvgIpc) is 2.87. The Bertz CT molecular complexity index is 569. The van der Waals surface area contributed by atoms with E-state index in [1.807, 2.05) is 0 Å². The summed E-state index contributed by atoms with van der Waals surface area (Å²) in [6.45, 7) is 7.16. The Hall–Kier alpha value is -1.35. The molecule has 19 heavy (non-hydrogen) atoms. The number of benzene rings is 1. The molecule has 0 spiro atoms. The Morgan fingerprint density at radius 2 is 2.00 bits per heavy atom. The maximum absolute atomic E-state index is 11.6. The quantitative estimate of drug-likeness (QED) is 0.820. The van der Waals surface area contributed by atoms with Gasteiger partial charge in [-0.15, -0.1) is 0 Å². The van der Waals surface area contributed by atoms with Gasteiger partial charge in [-0.1, -0.05) is 25.9 Å². The first-order valence-corrected chi connectivity index (χ1v) is 7.13. The van der Waals surface area contributed by atoms with Crippen LogP contribution in [0.3, 0.4) is 0 Å². The summed E-state index contributed by atoms with van der Waals surface area (Å²) >= 11 is 0. The van der Waals surface area contributed by atoms with Gasteiger partial charge in [-0.2, -0.15) is 0 Å². The molecule has 0 aromatic heterocycles. The van der Waals surface area contributed by atoms with E-state index in [0.717, 1.165) is 43.6 Å². The number of anilines is 1. The minimum absolute atomic E-state index is 0.0337. The molecule has 1 N–H and O–H groups in total. The molecule has 0 saturated carbocycles. The summed E-state index contributed by atoms with van der Waals surface area (Å²) in [5, 5.41) is 2.67. The van der Waals surface area contributed by atoms with Gasteiger partial charge in [-0.25, -0.2) is 0 Å². The Balaban J connectivity index is 2.26. The van der Waals surface area contributed by atoms with Gasteiger partial charge in [-0.3, -0.25) is 4.79 Å². The third-order valence-electron chi connectivity index (χ3n) is 3.43. The summed E-state index contributed by atoms with van der Waals surface area (Å²) in [4.78, 5) is 14.0. The van der Waals surface area contributed by atoms with E-state index in [4.69, 9.17) is 4.11 Å². The van der Waals surface area contributed by atoms with Crippen LogP contribution in [0, 0.1) is 0 Å². The van der Waals surface area contributed by atoms with Crippen molar-refractivity contribution in [2.24, 2.45) is 0 Å². The average molecular weight is 263 g/mol. The topological polar surface area (TPSA) is 32.3 Å². The van der Waals surface area contributed by atoms with Gasteiger partial charge in [0.1, 0.15) is 0 Å². The molecule has 1 aliphatic heterocycles. The summed E-state index contributed by atoms with van der Waals surface area (Å²) in [7, 11) is 0. The smallest absolute Gasteiger partial charge is 0.228 e. The first kappa shape index (κ1) is 10.4. The SMILES string of the molecule is [2H]c1c([2H])c(CCN(CCC)CCC)c2c(c1[2H])NC(=O)C2. The molecule has 2 rings (SSSR count). The van der Waals surface area contributed by atoms with Gasteiger partial charge in [0, 0.05) is 12.2 Å². The number of hydrogen-bond acceptors (Lipinski definition) is 2. The molecule has 0 radical (unpaired) electrons. The third kappa shape index (κ3) is 3.57. The highest BCUT2D eigenvalue weighted by Gasteiger charge is 2.20. The predicted molar refractivity (Wildman–Crippen MR) is 79.5 cm³/mol. The van der Waals surface area contributed by atoms with Gasteiger partial charge < -0.3 is 10.2 Å². The minimum atomic E-state index is -0.145. The monoisotopic (exact) mass is 263 g/mol. The van der Waals surface area contributed by atoms with Gasteiger partial charge in [0.05, 0.1) is 10.5 Å². The standard InChI is InChI=1S/C16H24N2O/c1-3-9-18(10-4-2)11-8-13-6-5-7-15-14(13)12-16(19)17-15/h5-7H,3-4,8-12H2,1-2H3,(H,17,19)/i5D,6D,7D. The zero-order valence-electron chi connectivity index (χ0n) is 14.8. The van der Waals surface area contributed by atoms with Crippen molar-refractivity contribution in [3.63, 3.8) is 0 Å². The molecular formula is C16H24N2O. The van der Waals surface area contributed by atoms with Gasteiger partial charge >= 0.3 is 0 Å². The van der Waals surface area contributed by atoms with E-state index in [0.29, 0.717) is 12.1 Å². The molecule has 0 atom stereocenters. The van der Waals surface area contributed by atoms with E-state index in [-0.39, 0.29) is 30.5 Å². The Labute approximate surface area is 120 Å². The molecule has 0 aliphatic carbocycles. The van der Waals surface area contributed by atoms with Crippen LogP contribution >= 0.6 is 0 Å². The van der Waals surface area contributed by atoms with Gasteiger partial charge in [-0.05, 0) is 49.5 Å². The van der Waals surface area contributed by atoms with Gasteiger partial charge in [0.25, 0.3) is 0 Å². The number of carbonyl (C=O) groups excluding carboxylic acids is 1. The highest BCUT2D eigenvalue weighted by Crippen LogP contribution is 2.26. The van der Waals surface area contributed by atoms with Crippen molar-refractivity contribution in [3.8, 4) is 0 Å². The van der Waals surface area contributed by atoms with E-state index in [1.54, 1.807) is 0 Å². The number of carbonyl (C=O) groups is 1. The van der Waals surface area contributed by atoms with E-state index in [2.05, 4.69) is 24.1 Å². The van der Waals surface area contributed by atoms with Crippen molar-refractivity contribution < 1.29 is 8.91 Å². The molecule has 0 bridgehead atoms. The molecule has 1 aliphatic rings. The van der Waals surface area contributed by atoms with Crippen molar-refractivity contribution in [2.75, 3.05) is 25.0 Å². The zero-order chi connectivity index (χ0) is 16.3. The number of nitrogens with zero attached hydrogens (tertiary/aromatic N) is 1. The summed E-state index contributed by atoms with van der Waals surface area (Å²) in [5.74, 6) is -0.145. The largest absolute Gasteiger partial charge is 0.326 e. The molecule has 0 saturated heterocycles. The second kappa shape index (κ2) is 6.71. The summed E-state index contributed by atoms with van der Waals surface area (Å²) in [5.41, 5.74) is 1.95. The Kier molecular flexibility index (Phi) is 3.69. The van der Waals surface area contributed by atoms with Gasteiger partial charge in [0.2, 0.25) is 5.91 Å². The van der Waals surface area contributed by atoms with E-state index in [1.165, 1.54) is 0 Å². The summed E-state index contributed by atoms with van der Waals surface area (Å²) in [6, 6.07) is -0.0183. The first-order chi connectivity index (χ1) is 10.5. The van der Waals surface area contributed by atoms with E-state index >= 15 is 0 Å². The van der Waals surface area contributed by atoms with Crippen LogP contribution in [0.1, 0.15) is 41.9 Å². The van der Waals surface area contributed by atoms with Crippen molar-refractivity contribution in [2.45, 2.75) is 39.5 Å². The number of hydrogen-bond donors (Lipinski definition) is 1. The molecule has 1 amide bonds.